The Bertz CT molecular complexity index is 493. The van der Waals surface area contributed by atoms with Gasteiger partial charge in [0.1, 0.15) is 0 Å². The fourth-order valence-corrected chi connectivity index (χ4v) is 1.92. The molecule has 1 N–H and O–H groups in total. The van der Waals surface area contributed by atoms with Gasteiger partial charge < -0.3 is 5.32 Å². The van der Waals surface area contributed by atoms with E-state index in [0.29, 0.717) is 6.54 Å². The van der Waals surface area contributed by atoms with Crippen LogP contribution in [0.5, 0.6) is 0 Å². The minimum absolute atomic E-state index is 0.136. The van der Waals surface area contributed by atoms with Crippen LogP contribution < -0.4 is 5.32 Å². The average Bonchev–Trinajstić information content (AvgIpc) is 2.81. The number of rotatable bonds is 5. The lowest BCUT2D eigenvalue weighted by Crippen LogP contribution is -2.22. The quantitative estimate of drug-likeness (QED) is 0.899. The normalized spacial score (nSPS) is 12.6. The highest BCUT2D eigenvalue weighted by Crippen LogP contribution is 2.13. The maximum absolute atomic E-state index is 5.86. The van der Waals surface area contributed by atoms with Crippen molar-refractivity contribution in [1.82, 2.24) is 25.5 Å². The third-order valence-corrected chi connectivity index (χ3v) is 2.95. The van der Waals surface area contributed by atoms with Gasteiger partial charge in [-0.3, -0.25) is 0 Å². The highest BCUT2D eigenvalue weighted by Gasteiger charge is 2.13. The fraction of sp³-hybridized carbons (Fsp3) is 0.417. The Kier molecular flexibility index (Phi) is 4.28. The number of halogens is 1. The van der Waals surface area contributed by atoms with E-state index in [0.717, 1.165) is 23.0 Å². The zero-order valence-electron chi connectivity index (χ0n) is 10.5. The Labute approximate surface area is 111 Å². The monoisotopic (exact) mass is 265 g/mol. The first-order chi connectivity index (χ1) is 8.70. The standard InChI is InChI=1S/C12H16ClN5/c1-3-14-9(2)12-15-16-17-18(12)8-10-4-6-11(13)7-5-10/h4-7,9,14H,3,8H2,1-2H3. The van der Waals surface area contributed by atoms with Crippen molar-refractivity contribution in [1.29, 1.82) is 0 Å². The van der Waals surface area contributed by atoms with Crippen LogP contribution in [0.25, 0.3) is 0 Å². The van der Waals surface area contributed by atoms with E-state index in [2.05, 4.69) is 27.8 Å². The van der Waals surface area contributed by atoms with Gasteiger partial charge in [0, 0.05) is 5.02 Å². The van der Waals surface area contributed by atoms with Crippen LogP contribution in [0.4, 0.5) is 0 Å². The van der Waals surface area contributed by atoms with E-state index in [1.807, 2.05) is 31.2 Å². The Balaban J connectivity index is 2.14. The number of tetrazole rings is 1. The maximum Gasteiger partial charge on any atom is 0.168 e. The van der Waals surface area contributed by atoms with Crippen LogP contribution in [0, 0.1) is 0 Å². The molecule has 0 spiro atoms. The first-order valence-corrected chi connectivity index (χ1v) is 6.32. The Morgan fingerprint density at radius 1 is 1.33 bits per heavy atom. The second-order valence-corrected chi connectivity index (χ2v) is 4.54. The van der Waals surface area contributed by atoms with Crippen molar-refractivity contribution in [2.24, 2.45) is 0 Å². The van der Waals surface area contributed by atoms with E-state index in [1.165, 1.54) is 0 Å². The van der Waals surface area contributed by atoms with Crippen LogP contribution in [0.1, 0.15) is 31.3 Å². The molecule has 0 saturated heterocycles. The van der Waals surface area contributed by atoms with Crippen molar-refractivity contribution < 1.29 is 0 Å². The molecule has 0 fully saturated rings. The van der Waals surface area contributed by atoms with Crippen LogP contribution in [-0.4, -0.2) is 26.8 Å². The molecule has 2 rings (SSSR count). The van der Waals surface area contributed by atoms with Gasteiger partial charge in [-0.1, -0.05) is 30.7 Å². The van der Waals surface area contributed by atoms with Crippen LogP contribution in [0.15, 0.2) is 24.3 Å². The van der Waals surface area contributed by atoms with Crippen molar-refractivity contribution in [3.63, 3.8) is 0 Å². The minimum Gasteiger partial charge on any atom is -0.308 e. The lowest BCUT2D eigenvalue weighted by atomic mass is 10.2. The van der Waals surface area contributed by atoms with Crippen molar-refractivity contribution in [3.8, 4) is 0 Å². The van der Waals surface area contributed by atoms with E-state index in [1.54, 1.807) is 4.68 Å². The summed E-state index contributed by atoms with van der Waals surface area (Å²) < 4.78 is 1.80. The molecule has 0 aliphatic heterocycles. The summed E-state index contributed by atoms with van der Waals surface area (Å²) in [7, 11) is 0. The van der Waals surface area contributed by atoms with Gasteiger partial charge >= 0.3 is 0 Å². The molecular weight excluding hydrogens is 250 g/mol. The summed E-state index contributed by atoms with van der Waals surface area (Å²) in [6.45, 7) is 5.64. The first-order valence-electron chi connectivity index (χ1n) is 5.94. The smallest absolute Gasteiger partial charge is 0.168 e. The van der Waals surface area contributed by atoms with Crippen molar-refractivity contribution in [2.75, 3.05) is 6.54 Å². The molecular formula is C12H16ClN5. The van der Waals surface area contributed by atoms with Crippen molar-refractivity contribution >= 4 is 11.6 Å². The van der Waals surface area contributed by atoms with Crippen molar-refractivity contribution in [3.05, 3.63) is 40.7 Å². The van der Waals surface area contributed by atoms with E-state index in [-0.39, 0.29) is 6.04 Å². The van der Waals surface area contributed by atoms with Gasteiger partial charge in [-0.05, 0) is 41.6 Å². The Morgan fingerprint density at radius 3 is 2.72 bits per heavy atom. The summed E-state index contributed by atoms with van der Waals surface area (Å²) in [4.78, 5) is 0. The van der Waals surface area contributed by atoms with E-state index >= 15 is 0 Å². The number of nitrogens with zero attached hydrogens (tertiary/aromatic N) is 4. The number of benzene rings is 1. The molecule has 0 amide bonds. The molecule has 18 heavy (non-hydrogen) atoms. The molecule has 0 aliphatic rings. The van der Waals surface area contributed by atoms with E-state index in [4.69, 9.17) is 11.6 Å². The SMILES string of the molecule is CCNC(C)c1nnnn1Cc1ccc(Cl)cc1. The minimum atomic E-state index is 0.136. The molecule has 96 valence electrons. The number of hydrogen-bond donors (Lipinski definition) is 1. The zero-order chi connectivity index (χ0) is 13.0. The topological polar surface area (TPSA) is 55.6 Å². The second-order valence-electron chi connectivity index (χ2n) is 4.10. The number of nitrogens with one attached hydrogen (secondary N) is 1. The van der Waals surface area contributed by atoms with Crippen LogP contribution in [0.3, 0.4) is 0 Å². The molecule has 0 bridgehead atoms. The molecule has 1 aromatic heterocycles. The summed E-state index contributed by atoms with van der Waals surface area (Å²) in [5, 5.41) is 15.8. The molecule has 1 unspecified atom stereocenters. The summed E-state index contributed by atoms with van der Waals surface area (Å²) in [6, 6.07) is 7.83. The summed E-state index contributed by atoms with van der Waals surface area (Å²) in [5.41, 5.74) is 1.12. The highest BCUT2D eigenvalue weighted by molar-refractivity contribution is 6.30. The molecule has 0 aliphatic carbocycles. The molecule has 5 nitrogen and oxygen atoms in total. The molecule has 1 atom stereocenters. The average molecular weight is 266 g/mol. The summed E-state index contributed by atoms with van der Waals surface area (Å²) >= 11 is 5.86. The van der Waals surface area contributed by atoms with Crippen molar-refractivity contribution in [2.45, 2.75) is 26.4 Å². The van der Waals surface area contributed by atoms with Crippen LogP contribution in [-0.2, 0) is 6.54 Å². The highest BCUT2D eigenvalue weighted by atomic mass is 35.5. The Hall–Kier alpha value is -1.46. The fourth-order valence-electron chi connectivity index (χ4n) is 1.79. The molecule has 2 aromatic rings. The van der Waals surface area contributed by atoms with Crippen LogP contribution in [0.2, 0.25) is 5.02 Å². The number of hydrogen-bond acceptors (Lipinski definition) is 4. The maximum atomic E-state index is 5.86. The van der Waals surface area contributed by atoms with Gasteiger partial charge in [-0.2, -0.15) is 0 Å². The third-order valence-electron chi connectivity index (χ3n) is 2.70. The Morgan fingerprint density at radius 2 is 2.06 bits per heavy atom. The van der Waals surface area contributed by atoms with Gasteiger partial charge in [0.25, 0.3) is 0 Å². The predicted molar refractivity (Wildman–Crippen MR) is 70.5 cm³/mol. The van der Waals surface area contributed by atoms with Crippen LogP contribution >= 0.6 is 11.6 Å². The zero-order valence-corrected chi connectivity index (χ0v) is 11.2. The molecule has 6 heteroatoms. The van der Waals surface area contributed by atoms with Gasteiger partial charge in [-0.15, -0.1) is 5.10 Å². The lowest BCUT2D eigenvalue weighted by molar-refractivity contribution is 0.516. The van der Waals surface area contributed by atoms with Gasteiger partial charge in [0.2, 0.25) is 0 Å². The molecule has 0 saturated carbocycles. The van der Waals surface area contributed by atoms with E-state index < -0.39 is 0 Å². The van der Waals surface area contributed by atoms with Gasteiger partial charge in [-0.25, -0.2) is 4.68 Å². The third kappa shape index (κ3) is 3.05. The van der Waals surface area contributed by atoms with Gasteiger partial charge in [0.05, 0.1) is 12.6 Å². The largest absolute Gasteiger partial charge is 0.308 e. The summed E-state index contributed by atoms with van der Waals surface area (Å²) in [6.07, 6.45) is 0. The summed E-state index contributed by atoms with van der Waals surface area (Å²) in [5.74, 6) is 0.840. The predicted octanol–water partition coefficient (Wildman–Crippen LogP) is 2.05. The van der Waals surface area contributed by atoms with E-state index in [9.17, 15) is 0 Å². The van der Waals surface area contributed by atoms with Gasteiger partial charge in [0.15, 0.2) is 5.82 Å². The number of aromatic nitrogens is 4. The first kappa shape index (κ1) is 13.0. The lowest BCUT2D eigenvalue weighted by Gasteiger charge is -2.12. The second kappa shape index (κ2) is 5.93. The molecule has 0 radical (unpaired) electrons. The molecule has 1 aromatic carbocycles. The molecule has 1 heterocycles.